The van der Waals surface area contributed by atoms with Crippen molar-refractivity contribution in [3.8, 4) is 0 Å². The summed E-state index contributed by atoms with van der Waals surface area (Å²) in [7, 11) is 0. The maximum absolute atomic E-state index is 12.8. The van der Waals surface area contributed by atoms with E-state index in [4.69, 9.17) is 0 Å². The van der Waals surface area contributed by atoms with Gasteiger partial charge in [0.15, 0.2) is 0 Å². The van der Waals surface area contributed by atoms with Crippen LogP contribution < -0.4 is 0 Å². The molecule has 5 N–H and O–H groups in total. The highest BCUT2D eigenvalue weighted by Crippen LogP contribution is 2.75. The lowest BCUT2D eigenvalue weighted by molar-refractivity contribution is -0.248. The minimum atomic E-state index is -1.12. The van der Waals surface area contributed by atoms with Crippen LogP contribution in [0.1, 0.15) is 92.9 Å². The average Bonchev–Trinajstić information content (AvgIpc) is 2.77. The first-order chi connectivity index (χ1) is 16.5. The average molecular weight is 505 g/mol. The maximum atomic E-state index is 12.8. The lowest BCUT2D eigenvalue weighted by Gasteiger charge is -2.72. The van der Waals surface area contributed by atoms with Crippen LogP contribution in [0.25, 0.3) is 0 Å². The summed E-state index contributed by atoms with van der Waals surface area (Å²) in [6.07, 6.45) is 5.13. The van der Waals surface area contributed by atoms with Crippen molar-refractivity contribution >= 4 is 5.97 Å². The summed E-state index contributed by atoms with van der Waals surface area (Å²) in [5.74, 6) is -0.765. The van der Waals surface area contributed by atoms with Crippen LogP contribution in [0.2, 0.25) is 0 Å². The van der Waals surface area contributed by atoms with Gasteiger partial charge < -0.3 is 25.5 Å². The van der Waals surface area contributed by atoms with Crippen molar-refractivity contribution in [2.45, 2.75) is 111 Å². The number of carbonyl (C=O) groups is 1. The zero-order chi connectivity index (χ0) is 26.7. The fourth-order valence-electron chi connectivity index (χ4n) is 10.9. The Kier molecular flexibility index (Phi) is 5.77. The summed E-state index contributed by atoms with van der Waals surface area (Å²) >= 11 is 0. The summed E-state index contributed by atoms with van der Waals surface area (Å²) in [5.41, 5.74) is -1.44. The number of aliphatic hydroxyl groups excluding tert-OH is 4. The Bertz CT molecular complexity index is 974. The molecule has 0 amide bonds. The molecule has 6 nitrogen and oxygen atoms in total. The van der Waals surface area contributed by atoms with Crippen molar-refractivity contribution in [2.75, 3.05) is 6.61 Å². The van der Waals surface area contributed by atoms with Crippen LogP contribution in [0.4, 0.5) is 0 Å². The van der Waals surface area contributed by atoms with Crippen LogP contribution in [-0.2, 0) is 4.79 Å². The summed E-state index contributed by atoms with van der Waals surface area (Å²) in [5, 5.41) is 54.5. The van der Waals surface area contributed by atoms with Crippen LogP contribution in [0.3, 0.4) is 0 Å². The van der Waals surface area contributed by atoms with E-state index in [1.807, 2.05) is 6.92 Å². The molecular formula is C30H48O6. The summed E-state index contributed by atoms with van der Waals surface area (Å²) in [4.78, 5) is 12.8. The van der Waals surface area contributed by atoms with E-state index in [0.717, 1.165) is 32.1 Å². The Morgan fingerprint density at radius 1 is 0.944 bits per heavy atom. The molecule has 0 aliphatic heterocycles. The molecule has 0 radical (unpaired) electrons. The smallest absolute Gasteiger partial charge is 0.312 e. The second-order valence-electron chi connectivity index (χ2n) is 15.2. The molecule has 6 heteroatoms. The second-order valence-corrected chi connectivity index (χ2v) is 15.2. The monoisotopic (exact) mass is 504 g/mol. The molecule has 204 valence electrons. The molecule has 0 unspecified atom stereocenters. The van der Waals surface area contributed by atoms with Gasteiger partial charge in [-0.15, -0.1) is 0 Å². The van der Waals surface area contributed by atoms with Gasteiger partial charge in [-0.05, 0) is 90.8 Å². The maximum Gasteiger partial charge on any atom is 0.312 e. The van der Waals surface area contributed by atoms with E-state index in [9.17, 15) is 30.3 Å². The van der Waals surface area contributed by atoms with E-state index >= 15 is 0 Å². The molecule has 11 atom stereocenters. The third-order valence-electron chi connectivity index (χ3n) is 13.2. The van der Waals surface area contributed by atoms with E-state index in [2.05, 4.69) is 40.7 Å². The fourth-order valence-corrected chi connectivity index (χ4v) is 10.9. The predicted octanol–water partition coefficient (Wildman–Crippen LogP) is 4.15. The first-order valence-corrected chi connectivity index (χ1v) is 14.1. The molecule has 0 aromatic rings. The number of aliphatic carboxylic acids is 1. The molecule has 0 bridgehead atoms. The van der Waals surface area contributed by atoms with E-state index < -0.39 is 35.1 Å². The summed E-state index contributed by atoms with van der Waals surface area (Å²) in [6, 6.07) is 0. The molecule has 0 aromatic carbocycles. The lowest BCUT2D eigenvalue weighted by atomic mass is 9.33. The van der Waals surface area contributed by atoms with Crippen molar-refractivity contribution in [3.05, 3.63) is 11.6 Å². The van der Waals surface area contributed by atoms with Gasteiger partial charge in [-0.1, -0.05) is 53.2 Å². The Labute approximate surface area is 216 Å². The molecule has 5 rings (SSSR count). The van der Waals surface area contributed by atoms with Gasteiger partial charge in [0.25, 0.3) is 0 Å². The Morgan fingerprint density at radius 3 is 2.22 bits per heavy atom. The first-order valence-electron chi connectivity index (χ1n) is 14.1. The number of fused-ring (bicyclic) bond motifs is 7. The minimum absolute atomic E-state index is 0.0242. The second kappa shape index (κ2) is 7.80. The van der Waals surface area contributed by atoms with Gasteiger partial charge in [-0.25, -0.2) is 0 Å². The number of aliphatic hydroxyl groups is 4. The number of rotatable bonds is 2. The third-order valence-corrected chi connectivity index (χ3v) is 13.2. The molecule has 0 heterocycles. The topological polar surface area (TPSA) is 118 Å². The van der Waals surface area contributed by atoms with Gasteiger partial charge >= 0.3 is 5.97 Å². The minimum Gasteiger partial charge on any atom is -0.481 e. The van der Waals surface area contributed by atoms with Crippen LogP contribution in [0.5, 0.6) is 0 Å². The van der Waals surface area contributed by atoms with Gasteiger partial charge in [0.05, 0.1) is 24.9 Å². The van der Waals surface area contributed by atoms with E-state index in [-0.39, 0.29) is 46.0 Å². The third kappa shape index (κ3) is 3.02. The zero-order valence-electron chi connectivity index (χ0n) is 23.0. The van der Waals surface area contributed by atoms with E-state index in [1.165, 1.54) is 5.57 Å². The highest BCUT2D eigenvalue weighted by molar-refractivity contribution is 5.77. The van der Waals surface area contributed by atoms with Crippen molar-refractivity contribution in [3.63, 3.8) is 0 Å². The van der Waals surface area contributed by atoms with E-state index in [1.54, 1.807) is 0 Å². The summed E-state index contributed by atoms with van der Waals surface area (Å²) < 4.78 is 0. The lowest BCUT2D eigenvalue weighted by Crippen LogP contribution is -2.69. The van der Waals surface area contributed by atoms with E-state index in [0.29, 0.717) is 19.3 Å². The summed E-state index contributed by atoms with van der Waals surface area (Å²) in [6.45, 7) is 13.1. The Morgan fingerprint density at radius 2 is 1.61 bits per heavy atom. The largest absolute Gasteiger partial charge is 0.481 e. The number of hydrogen-bond acceptors (Lipinski definition) is 5. The van der Waals surface area contributed by atoms with Crippen LogP contribution in [-0.4, -0.2) is 56.4 Å². The number of allylic oxidation sites excluding steroid dienone is 2. The van der Waals surface area contributed by atoms with Gasteiger partial charge in [0.1, 0.15) is 5.41 Å². The fraction of sp³-hybridized carbons (Fsp3) is 0.900. The first kappa shape index (κ1) is 26.6. The molecule has 0 aromatic heterocycles. The van der Waals surface area contributed by atoms with Gasteiger partial charge in [0, 0.05) is 5.41 Å². The zero-order valence-corrected chi connectivity index (χ0v) is 23.0. The number of hydrogen-bond donors (Lipinski definition) is 5. The highest BCUT2D eigenvalue weighted by atomic mass is 16.4. The van der Waals surface area contributed by atoms with Crippen LogP contribution in [0.15, 0.2) is 11.6 Å². The Hall–Kier alpha value is -0.950. The van der Waals surface area contributed by atoms with Gasteiger partial charge in [0.2, 0.25) is 0 Å². The van der Waals surface area contributed by atoms with Crippen molar-refractivity contribution in [1.29, 1.82) is 0 Å². The predicted molar refractivity (Wildman–Crippen MR) is 137 cm³/mol. The molecular weight excluding hydrogens is 456 g/mol. The van der Waals surface area contributed by atoms with Gasteiger partial charge in [-0.3, -0.25) is 4.79 Å². The number of carboxylic acids is 1. The normalized spacial score (nSPS) is 55.9. The quantitative estimate of drug-likeness (QED) is 0.361. The molecule has 5 aliphatic carbocycles. The Balaban J connectivity index is 1.64. The molecule has 4 saturated carbocycles. The number of carboxylic acid groups (broad SMARTS) is 1. The molecule has 4 fully saturated rings. The SMILES string of the molecule is CC1(C)CC[C@@]2(C(=O)O)[C@H](O)C[C@@]3(C)C(=CC[C@@H]4[C@@]5(C)C[C@H](O)[C@H](O)[C@@](C)(CO)[C@@H]5CC[C@@]43C)[C@H]2C1. The molecule has 36 heavy (non-hydrogen) atoms. The van der Waals surface area contributed by atoms with Crippen molar-refractivity contribution < 1.29 is 30.3 Å². The van der Waals surface area contributed by atoms with Crippen LogP contribution in [0, 0.1) is 50.2 Å². The van der Waals surface area contributed by atoms with Crippen molar-refractivity contribution in [1.82, 2.24) is 0 Å². The molecule has 0 spiro atoms. The molecule has 5 aliphatic rings. The van der Waals surface area contributed by atoms with Crippen molar-refractivity contribution in [2.24, 2.45) is 50.2 Å². The van der Waals surface area contributed by atoms with Crippen LogP contribution >= 0.6 is 0 Å². The standard InChI is InChI=1S/C30H48O6/c1-25(2)11-12-30(24(35)36)18(13-25)17-7-8-21-26(3)14-19(32)23(34)27(4,16-31)20(26)9-10-28(21,5)29(17,6)15-22(30)33/h7,18-23,31-34H,8-16H2,1-6H3,(H,35,36)/t18-,19+,20-,21-,22-,23+,26+,27+,28+,29+,30+/m1/s1. The molecule has 0 saturated heterocycles. The highest BCUT2D eigenvalue weighted by Gasteiger charge is 2.72. The van der Waals surface area contributed by atoms with Gasteiger partial charge in [-0.2, -0.15) is 0 Å².